The van der Waals surface area contributed by atoms with Crippen LogP contribution in [-0.2, 0) is 13.1 Å². The molecule has 1 amide bonds. The molecule has 5 rings (SSSR count). The SMILES string of the molecule is CC.COc1ccc(Cn2cc(-c3nc(C(=O)Nc4cn(CC(O)(C(F)(F)F)C(F)(F)F)nc4-c4ccccn4)cs3)cn2)cc1. The summed E-state index contributed by atoms with van der Waals surface area (Å²) in [5.41, 5.74) is -4.02. The van der Waals surface area contributed by atoms with E-state index in [2.05, 4.69) is 25.5 Å². The van der Waals surface area contributed by atoms with Crippen LogP contribution < -0.4 is 10.1 Å². The first-order valence-corrected chi connectivity index (χ1v) is 14.4. The molecule has 0 aliphatic carbocycles. The molecule has 0 atom stereocenters. The lowest BCUT2D eigenvalue weighted by molar-refractivity contribution is -0.372. The van der Waals surface area contributed by atoms with Crippen LogP contribution in [0, 0.1) is 0 Å². The average Bonchev–Trinajstić information content (AvgIpc) is 3.78. The van der Waals surface area contributed by atoms with Crippen LogP contribution in [0.1, 0.15) is 29.9 Å². The Morgan fingerprint density at radius 3 is 2.30 bits per heavy atom. The normalized spacial score (nSPS) is 12.0. The number of hydrogen-bond acceptors (Lipinski definition) is 8. The summed E-state index contributed by atoms with van der Waals surface area (Å²) in [6.07, 6.45) is -6.76. The van der Waals surface area contributed by atoms with Gasteiger partial charge in [0.2, 0.25) is 0 Å². The van der Waals surface area contributed by atoms with Gasteiger partial charge in [0.25, 0.3) is 11.5 Å². The number of carbonyl (C=O) groups is 1. The largest absolute Gasteiger partial charge is 0.497 e. The predicted molar refractivity (Wildman–Crippen MR) is 157 cm³/mol. The number of ether oxygens (including phenoxy) is 1. The van der Waals surface area contributed by atoms with Crippen molar-refractivity contribution in [1.82, 2.24) is 29.5 Å². The molecule has 0 aliphatic heterocycles. The van der Waals surface area contributed by atoms with Crippen LogP contribution in [0.25, 0.3) is 22.0 Å². The highest BCUT2D eigenvalue weighted by molar-refractivity contribution is 7.13. The van der Waals surface area contributed by atoms with E-state index in [-0.39, 0.29) is 27.5 Å². The third kappa shape index (κ3) is 7.37. The molecular formula is C29H27F6N7O3S. The molecule has 0 saturated heterocycles. The number of aliphatic hydroxyl groups is 1. The number of nitrogens with zero attached hydrogens (tertiary/aromatic N) is 6. The van der Waals surface area contributed by atoms with Crippen LogP contribution in [0.15, 0.2) is 72.6 Å². The summed E-state index contributed by atoms with van der Waals surface area (Å²) >= 11 is 1.13. The molecule has 17 heteroatoms. The van der Waals surface area contributed by atoms with E-state index in [0.29, 0.717) is 22.9 Å². The molecule has 10 nitrogen and oxygen atoms in total. The molecule has 0 radical (unpaired) electrons. The minimum absolute atomic E-state index is 0.0485. The van der Waals surface area contributed by atoms with Crippen LogP contribution >= 0.6 is 11.3 Å². The number of amides is 1. The van der Waals surface area contributed by atoms with Crippen molar-refractivity contribution in [2.24, 2.45) is 0 Å². The summed E-state index contributed by atoms with van der Waals surface area (Å²) in [4.78, 5) is 21.4. The third-order valence-corrected chi connectivity index (χ3v) is 7.26. The standard InChI is InChI=1S/C27H21F6N7O3S.C2H6/c1-43-18-7-5-16(6-8-18)11-39-12-17(10-35-39)24-37-21(14-44-24)23(41)36-20-13-40(38-22(20)19-4-2-3-9-34-19)15-25(42,26(28,29)30)27(31,32)33;1-2/h2-10,12-14,42H,11,15H2,1H3,(H,36,41);1-2H3. The number of alkyl halides is 6. The number of halogens is 6. The molecule has 2 N–H and O–H groups in total. The molecule has 0 bridgehead atoms. The molecule has 0 fully saturated rings. The maximum absolute atomic E-state index is 13.3. The Labute approximate surface area is 262 Å². The predicted octanol–water partition coefficient (Wildman–Crippen LogP) is 6.46. The summed E-state index contributed by atoms with van der Waals surface area (Å²) in [7, 11) is 1.57. The summed E-state index contributed by atoms with van der Waals surface area (Å²) in [5, 5.41) is 22.1. The van der Waals surface area contributed by atoms with Crippen molar-refractivity contribution in [3.63, 3.8) is 0 Å². The zero-order valence-electron chi connectivity index (χ0n) is 24.5. The van der Waals surface area contributed by atoms with Gasteiger partial charge >= 0.3 is 12.4 Å². The summed E-state index contributed by atoms with van der Waals surface area (Å²) in [6, 6.07) is 11.9. The lowest BCUT2D eigenvalue weighted by atomic mass is 10.0. The minimum Gasteiger partial charge on any atom is -0.497 e. The Hall–Kier alpha value is -4.77. The zero-order chi connectivity index (χ0) is 33.7. The number of anilines is 1. The van der Waals surface area contributed by atoms with Crippen molar-refractivity contribution >= 4 is 22.9 Å². The van der Waals surface area contributed by atoms with E-state index in [0.717, 1.165) is 23.1 Å². The highest BCUT2D eigenvalue weighted by atomic mass is 32.1. The monoisotopic (exact) mass is 667 g/mol. The third-order valence-electron chi connectivity index (χ3n) is 6.37. The fraction of sp³-hybridized carbons (Fsp3) is 0.276. The smallest absolute Gasteiger partial charge is 0.428 e. The van der Waals surface area contributed by atoms with Gasteiger partial charge in [0.15, 0.2) is 0 Å². The molecule has 1 aromatic carbocycles. The van der Waals surface area contributed by atoms with E-state index in [1.807, 2.05) is 38.1 Å². The molecule has 46 heavy (non-hydrogen) atoms. The fourth-order valence-electron chi connectivity index (χ4n) is 4.04. The van der Waals surface area contributed by atoms with Crippen molar-refractivity contribution in [1.29, 1.82) is 0 Å². The number of carbonyl (C=O) groups excluding carboxylic acids is 1. The summed E-state index contributed by atoms with van der Waals surface area (Å²) in [6.45, 7) is 2.44. The first kappa shape index (κ1) is 34.1. The number of thiazole rings is 1. The van der Waals surface area contributed by atoms with Gasteiger partial charge in [0, 0.05) is 29.5 Å². The van der Waals surface area contributed by atoms with Crippen molar-refractivity contribution in [3.05, 3.63) is 83.9 Å². The number of methoxy groups -OCH3 is 1. The Morgan fingerprint density at radius 1 is 1.00 bits per heavy atom. The van der Waals surface area contributed by atoms with Gasteiger partial charge in [-0.3, -0.25) is 19.1 Å². The van der Waals surface area contributed by atoms with Gasteiger partial charge in [-0.15, -0.1) is 11.3 Å². The first-order valence-electron chi connectivity index (χ1n) is 13.5. The molecule has 0 saturated carbocycles. The van der Waals surface area contributed by atoms with E-state index in [1.54, 1.807) is 24.2 Å². The zero-order valence-corrected chi connectivity index (χ0v) is 25.3. The first-order chi connectivity index (χ1) is 21.8. The Balaban J connectivity index is 0.00000235. The molecule has 0 spiro atoms. The summed E-state index contributed by atoms with van der Waals surface area (Å²) in [5.74, 6) is -0.0936. The molecule has 0 aliphatic rings. The molecular weight excluding hydrogens is 640 g/mol. The Bertz CT molecular complexity index is 1740. The van der Waals surface area contributed by atoms with E-state index < -0.39 is 30.4 Å². The highest BCUT2D eigenvalue weighted by Gasteiger charge is 2.70. The van der Waals surface area contributed by atoms with E-state index in [9.17, 15) is 36.2 Å². The minimum atomic E-state index is -6.06. The number of pyridine rings is 1. The Morgan fingerprint density at radius 2 is 1.70 bits per heavy atom. The van der Waals surface area contributed by atoms with Gasteiger partial charge in [0.1, 0.15) is 22.1 Å². The number of benzene rings is 1. The topological polar surface area (TPSA) is 120 Å². The van der Waals surface area contributed by atoms with Crippen molar-refractivity contribution < 1.29 is 41.0 Å². The van der Waals surface area contributed by atoms with Crippen LogP contribution in [0.5, 0.6) is 5.75 Å². The van der Waals surface area contributed by atoms with Crippen LogP contribution in [-0.4, -0.2) is 65.6 Å². The molecule has 5 aromatic rings. The van der Waals surface area contributed by atoms with Crippen molar-refractivity contribution in [2.75, 3.05) is 12.4 Å². The lowest BCUT2D eigenvalue weighted by Crippen LogP contribution is -2.59. The second kappa shape index (κ2) is 13.7. The maximum atomic E-state index is 13.3. The van der Waals surface area contributed by atoms with Gasteiger partial charge in [-0.2, -0.15) is 36.5 Å². The molecule has 244 valence electrons. The molecule has 4 heterocycles. The number of hydrogen-bond donors (Lipinski definition) is 2. The lowest BCUT2D eigenvalue weighted by Gasteiger charge is -2.31. The second-order valence-corrected chi connectivity index (χ2v) is 10.3. The summed E-state index contributed by atoms with van der Waals surface area (Å²) < 4.78 is 87.0. The quantitative estimate of drug-likeness (QED) is 0.173. The van der Waals surface area contributed by atoms with E-state index in [4.69, 9.17) is 4.74 Å². The van der Waals surface area contributed by atoms with Crippen LogP contribution in [0.4, 0.5) is 32.0 Å². The average molecular weight is 668 g/mol. The van der Waals surface area contributed by atoms with Gasteiger partial charge < -0.3 is 15.2 Å². The fourth-order valence-corrected chi connectivity index (χ4v) is 4.81. The van der Waals surface area contributed by atoms with E-state index >= 15 is 0 Å². The number of aromatic nitrogens is 6. The van der Waals surface area contributed by atoms with Crippen LogP contribution in [0.3, 0.4) is 0 Å². The molecule has 4 aromatic heterocycles. The van der Waals surface area contributed by atoms with Crippen molar-refractivity contribution in [2.45, 2.75) is 44.9 Å². The second-order valence-electron chi connectivity index (χ2n) is 9.43. The van der Waals surface area contributed by atoms with Gasteiger partial charge in [-0.05, 0) is 29.8 Å². The van der Waals surface area contributed by atoms with Gasteiger partial charge in [-0.25, -0.2) is 4.98 Å². The number of rotatable bonds is 9. The van der Waals surface area contributed by atoms with Crippen LogP contribution in [0.2, 0.25) is 0 Å². The van der Waals surface area contributed by atoms with Crippen molar-refractivity contribution in [3.8, 4) is 27.7 Å². The highest BCUT2D eigenvalue weighted by Crippen LogP contribution is 2.44. The van der Waals surface area contributed by atoms with E-state index in [1.165, 1.54) is 29.8 Å². The van der Waals surface area contributed by atoms with Gasteiger partial charge in [-0.1, -0.05) is 32.0 Å². The maximum Gasteiger partial charge on any atom is 0.428 e. The number of nitrogens with one attached hydrogen (secondary N) is 1. The molecule has 0 unspecified atom stereocenters. The Kier molecular flexibility index (Phi) is 10.2. The van der Waals surface area contributed by atoms with Gasteiger partial charge in [0.05, 0.1) is 37.8 Å².